The van der Waals surface area contributed by atoms with E-state index in [2.05, 4.69) is 15.3 Å². The predicted octanol–water partition coefficient (Wildman–Crippen LogP) is 2.04. The molecule has 1 aliphatic heterocycles. The molecule has 31 heavy (non-hydrogen) atoms. The van der Waals surface area contributed by atoms with Crippen molar-refractivity contribution in [3.63, 3.8) is 0 Å². The fourth-order valence-electron chi connectivity index (χ4n) is 3.96. The van der Waals surface area contributed by atoms with Crippen LogP contribution >= 0.6 is 0 Å². The molecule has 166 valence electrons. The van der Waals surface area contributed by atoms with Gasteiger partial charge in [-0.3, -0.25) is 4.79 Å². The van der Waals surface area contributed by atoms with Crippen molar-refractivity contribution >= 4 is 26.8 Å². The van der Waals surface area contributed by atoms with Crippen LogP contribution in [-0.2, 0) is 9.84 Å². The number of nitrogens with zero attached hydrogens (tertiary/aromatic N) is 4. The number of aromatic nitrogens is 3. The molecular formula is C21H27N5O4S. The van der Waals surface area contributed by atoms with E-state index >= 15 is 0 Å². The molecular weight excluding hydrogens is 418 g/mol. The van der Waals surface area contributed by atoms with Crippen molar-refractivity contribution < 1.29 is 17.6 Å². The fourth-order valence-corrected chi connectivity index (χ4v) is 5.65. The van der Waals surface area contributed by atoms with Gasteiger partial charge in [-0.2, -0.15) is 5.10 Å². The Hall–Kier alpha value is -2.72. The Morgan fingerprint density at radius 1 is 1.39 bits per heavy atom. The maximum Gasteiger partial charge on any atom is 0.252 e. The van der Waals surface area contributed by atoms with E-state index in [1.807, 2.05) is 21.0 Å². The SMILES string of the molecule is Cc1nn(C2CCS(=O)(=O)C2)c2nc(-c3ccco3)cc(C(=O)NCCCN(C)C)c12. The van der Waals surface area contributed by atoms with Crippen molar-refractivity contribution in [2.75, 3.05) is 38.7 Å². The molecule has 1 N–H and O–H groups in total. The van der Waals surface area contributed by atoms with Crippen molar-refractivity contribution in [3.8, 4) is 11.5 Å². The number of pyridine rings is 1. The summed E-state index contributed by atoms with van der Waals surface area (Å²) in [6.45, 7) is 3.24. The normalized spacial score (nSPS) is 18.1. The Labute approximate surface area is 181 Å². The maximum atomic E-state index is 13.1. The van der Waals surface area contributed by atoms with Gasteiger partial charge < -0.3 is 14.6 Å². The van der Waals surface area contributed by atoms with E-state index in [9.17, 15) is 13.2 Å². The molecule has 3 aromatic heterocycles. The van der Waals surface area contributed by atoms with E-state index in [-0.39, 0.29) is 23.5 Å². The van der Waals surface area contributed by atoms with Gasteiger partial charge in [-0.25, -0.2) is 18.1 Å². The van der Waals surface area contributed by atoms with Crippen molar-refractivity contribution in [2.24, 2.45) is 0 Å². The van der Waals surface area contributed by atoms with Gasteiger partial charge >= 0.3 is 0 Å². The molecule has 0 aromatic carbocycles. The third-order valence-electron chi connectivity index (χ3n) is 5.48. The Kier molecular flexibility index (Phi) is 5.85. The molecule has 0 radical (unpaired) electrons. The van der Waals surface area contributed by atoms with E-state index < -0.39 is 9.84 Å². The lowest BCUT2D eigenvalue weighted by molar-refractivity contribution is 0.0954. The molecule has 1 aliphatic rings. The summed E-state index contributed by atoms with van der Waals surface area (Å²) in [5, 5.41) is 8.22. The van der Waals surface area contributed by atoms with Gasteiger partial charge in [-0.15, -0.1) is 0 Å². The quantitative estimate of drug-likeness (QED) is 0.554. The largest absolute Gasteiger partial charge is 0.463 e. The number of hydrogen-bond acceptors (Lipinski definition) is 7. The van der Waals surface area contributed by atoms with Crippen molar-refractivity contribution in [2.45, 2.75) is 25.8 Å². The second-order valence-electron chi connectivity index (χ2n) is 8.23. The summed E-state index contributed by atoms with van der Waals surface area (Å²) in [5.74, 6) is 0.491. The smallest absolute Gasteiger partial charge is 0.252 e. The summed E-state index contributed by atoms with van der Waals surface area (Å²) in [4.78, 5) is 19.9. The number of aryl methyl sites for hydroxylation is 1. The summed E-state index contributed by atoms with van der Waals surface area (Å²) in [6, 6.07) is 4.96. The molecule has 0 saturated carbocycles. The van der Waals surface area contributed by atoms with Crippen LogP contribution < -0.4 is 5.32 Å². The van der Waals surface area contributed by atoms with E-state index in [4.69, 9.17) is 9.40 Å². The molecule has 1 amide bonds. The second-order valence-corrected chi connectivity index (χ2v) is 10.5. The van der Waals surface area contributed by atoms with Gasteiger partial charge in [0.05, 0.1) is 40.5 Å². The van der Waals surface area contributed by atoms with Gasteiger partial charge in [0.25, 0.3) is 5.91 Å². The number of hydrogen-bond donors (Lipinski definition) is 1. The number of amides is 1. The van der Waals surface area contributed by atoms with E-state index in [1.54, 1.807) is 29.1 Å². The minimum Gasteiger partial charge on any atom is -0.463 e. The highest BCUT2D eigenvalue weighted by Gasteiger charge is 2.32. The minimum atomic E-state index is -3.10. The molecule has 0 aliphatic carbocycles. The van der Waals surface area contributed by atoms with Gasteiger partial charge in [0.15, 0.2) is 21.2 Å². The Morgan fingerprint density at radius 2 is 2.19 bits per heavy atom. The summed E-state index contributed by atoms with van der Waals surface area (Å²) in [6.07, 6.45) is 2.86. The van der Waals surface area contributed by atoms with Crippen LogP contribution in [0, 0.1) is 6.92 Å². The van der Waals surface area contributed by atoms with Crippen LogP contribution in [0.3, 0.4) is 0 Å². The molecule has 4 heterocycles. The zero-order valence-corrected chi connectivity index (χ0v) is 18.8. The molecule has 4 rings (SSSR count). The van der Waals surface area contributed by atoms with Gasteiger partial charge in [-0.1, -0.05) is 0 Å². The van der Waals surface area contributed by atoms with Crippen molar-refractivity contribution in [1.82, 2.24) is 25.0 Å². The van der Waals surface area contributed by atoms with Gasteiger partial charge in [-0.05, 0) is 58.6 Å². The van der Waals surface area contributed by atoms with Crippen LogP contribution in [0.2, 0.25) is 0 Å². The van der Waals surface area contributed by atoms with Crippen LogP contribution in [-0.4, -0.2) is 72.7 Å². The summed E-state index contributed by atoms with van der Waals surface area (Å²) in [7, 11) is 0.887. The van der Waals surface area contributed by atoms with Crippen LogP contribution in [0.1, 0.15) is 34.9 Å². The highest BCUT2D eigenvalue weighted by Crippen LogP contribution is 2.32. The zero-order chi connectivity index (χ0) is 22.2. The highest BCUT2D eigenvalue weighted by atomic mass is 32.2. The lowest BCUT2D eigenvalue weighted by Gasteiger charge is -2.12. The minimum absolute atomic E-state index is 0.0297. The van der Waals surface area contributed by atoms with Gasteiger partial charge in [0.1, 0.15) is 5.69 Å². The lowest BCUT2D eigenvalue weighted by atomic mass is 10.1. The first kappa shape index (κ1) is 21.5. The number of rotatable bonds is 7. The molecule has 1 fully saturated rings. The summed E-state index contributed by atoms with van der Waals surface area (Å²) < 4.78 is 31.3. The Balaban J connectivity index is 1.76. The van der Waals surface area contributed by atoms with E-state index in [1.165, 1.54) is 0 Å². The molecule has 1 atom stereocenters. The molecule has 9 nitrogen and oxygen atoms in total. The topological polar surface area (TPSA) is 110 Å². The summed E-state index contributed by atoms with van der Waals surface area (Å²) in [5.41, 5.74) is 2.13. The number of carbonyl (C=O) groups excluding carboxylic acids is 1. The van der Waals surface area contributed by atoms with Crippen LogP contribution in [0.4, 0.5) is 0 Å². The number of nitrogens with one attached hydrogen (secondary N) is 1. The van der Waals surface area contributed by atoms with Gasteiger partial charge in [0, 0.05) is 6.54 Å². The zero-order valence-electron chi connectivity index (χ0n) is 18.0. The fraction of sp³-hybridized carbons (Fsp3) is 0.476. The lowest BCUT2D eigenvalue weighted by Crippen LogP contribution is -2.27. The highest BCUT2D eigenvalue weighted by molar-refractivity contribution is 7.91. The monoisotopic (exact) mass is 445 g/mol. The number of fused-ring (bicyclic) bond motifs is 1. The number of sulfone groups is 1. The first-order chi connectivity index (χ1) is 14.7. The second kappa shape index (κ2) is 8.43. The average Bonchev–Trinajstić information content (AvgIpc) is 3.43. The van der Waals surface area contributed by atoms with E-state index in [0.717, 1.165) is 13.0 Å². The molecule has 0 spiro atoms. The molecule has 1 saturated heterocycles. The van der Waals surface area contributed by atoms with Crippen molar-refractivity contribution in [1.29, 1.82) is 0 Å². The molecule has 1 unspecified atom stereocenters. The standard InChI is InChI=1S/C21H27N5O4S/c1-14-19-16(21(27)22-8-5-9-25(2)3)12-17(18-6-4-10-30-18)23-20(19)26(24-14)15-7-11-31(28,29)13-15/h4,6,10,12,15H,5,7-9,11,13H2,1-3H3,(H,22,27). The van der Waals surface area contributed by atoms with Crippen LogP contribution in [0.25, 0.3) is 22.5 Å². The predicted molar refractivity (Wildman–Crippen MR) is 118 cm³/mol. The van der Waals surface area contributed by atoms with Crippen LogP contribution in [0.15, 0.2) is 28.9 Å². The maximum absolute atomic E-state index is 13.1. The molecule has 10 heteroatoms. The molecule has 0 bridgehead atoms. The third kappa shape index (κ3) is 4.49. The average molecular weight is 446 g/mol. The summed E-state index contributed by atoms with van der Waals surface area (Å²) >= 11 is 0. The Morgan fingerprint density at radius 3 is 2.84 bits per heavy atom. The van der Waals surface area contributed by atoms with Crippen molar-refractivity contribution in [3.05, 3.63) is 35.7 Å². The van der Waals surface area contributed by atoms with Gasteiger partial charge in [0.2, 0.25) is 0 Å². The number of furan rings is 1. The Bertz CT molecular complexity index is 1200. The van der Waals surface area contributed by atoms with Crippen LogP contribution in [0.5, 0.6) is 0 Å². The first-order valence-corrected chi connectivity index (χ1v) is 12.1. The number of carbonyl (C=O) groups is 1. The first-order valence-electron chi connectivity index (χ1n) is 10.3. The molecule has 3 aromatic rings. The third-order valence-corrected chi connectivity index (χ3v) is 7.23. The van der Waals surface area contributed by atoms with E-state index in [0.29, 0.717) is 46.7 Å².